The number of carbonyl (C=O) groups is 2. The molecule has 0 spiro atoms. The predicted molar refractivity (Wildman–Crippen MR) is 102 cm³/mol. The molecule has 1 aromatic rings. The Labute approximate surface area is 160 Å². The van der Waals surface area contributed by atoms with Gasteiger partial charge in [-0.3, -0.25) is 9.10 Å². The molecule has 0 amide bonds. The number of hydrogen-bond donors (Lipinski definition) is 0. The van der Waals surface area contributed by atoms with Crippen molar-refractivity contribution in [3.8, 4) is 0 Å². The Balaban J connectivity index is 2.39. The van der Waals surface area contributed by atoms with Crippen molar-refractivity contribution in [3.63, 3.8) is 0 Å². The molecule has 0 saturated heterocycles. The van der Waals surface area contributed by atoms with Crippen molar-refractivity contribution in [3.05, 3.63) is 53.8 Å². The molecule has 0 fully saturated rings. The lowest BCUT2D eigenvalue weighted by Crippen LogP contribution is -2.29. The highest BCUT2D eigenvalue weighted by Crippen LogP contribution is 2.33. The molecule has 6 nitrogen and oxygen atoms in total. The Morgan fingerprint density at radius 1 is 1.26 bits per heavy atom. The third-order valence-electron chi connectivity index (χ3n) is 4.16. The number of nitrogens with zero attached hydrogens (tertiary/aromatic N) is 1. The molecule has 0 aliphatic heterocycles. The van der Waals surface area contributed by atoms with Gasteiger partial charge >= 0.3 is 5.97 Å². The quantitative estimate of drug-likeness (QED) is 0.527. The Hall–Kier alpha value is -2.41. The molecule has 0 aromatic heterocycles. The van der Waals surface area contributed by atoms with Crippen LogP contribution in [0.4, 0.5) is 0 Å². The van der Waals surface area contributed by atoms with Crippen molar-refractivity contribution in [1.82, 2.24) is 4.31 Å². The van der Waals surface area contributed by atoms with Crippen LogP contribution in [0.15, 0.2) is 53.1 Å². The monoisotopic (exact) mass is 391 g/mol. The second-order valence-corrected chi connectivity index (χ2v) is 9.08. The van der Waals surface area contributed by atoms with Crippen LogP contribution in [0, 0.1) is 12.3 Å². The summed E-state index contributed by atoms with van der Waals surface area (Å²) in [5, 5.41) is 0. The number of ketones is 1. The average Bonchev–Trinajstić information content (AvgIpc) is 2.83. The molecule has 0 unspecified atom stereocenters. The molecule has 1 aromatic carbocycles. The maximum absolute atomic E-state index is 13.1. The van der Waals surface area contributed by atoms with Crippen LogP contribution in [0.2, 0.25) is 0 Å². The summed E-state index contributed by atoms with van der Waals surface area (Å²) in [4.78, 5) is 24.0. The van der Waals surface area contributed by atoms with Crippen LogP contribution in [0.3, 0.4) is 0 Å². The number of rotatable bonds is 7. The number of esters is 1. The summed E-state index contributed by atoms with van der Waals surface area (Å²) in [6, 6.07) is 6.40. The summed E-state index contributed by atoms with van der Waals surface area (Å²) in [6.07, 6.45) is 4.35. The number of hydrogen-bond acceptors (Lipinski definition) is 5. The first-order valence-corrected chi connectivity index (χ1v) is 10.2. The fraction of sp³-hybridized carbons (Fsp3) is 0.400. The molecule has 0 bridgehead atoms. The molecule has 7 heteroatoms. The molecule has 1 aliphatic carbocycles. The Kier molecular flexibility index (Phi) is 6.26. The molecule has 146 valence electrons. The lowest BCUT2D eigenvalue weighted by molar-refractivity contribution is -0.137. The minimum Gasteiger partial charge on any atom is -0.463 e. The highest BCUT2D eigenvalue weighted by atomic mass is 32.2. The zero-order chi connectivity index (χ0) is 20.2. The smallest absolute Gasteiger partial charge is 0.332 e. The normalized spacial score (nSPS) is 16.4. The highest BCUT2D eigenvalue weighted by molar-refractivity contribution is 7.89. The largest absolute Gasteiger partial charge is 0.463 e. The van der Waals surface area contributed by atoms with Gasteiger partial charge in [0.15, 0.2) is 5.78 Å². The maximum atomic E-state index is 13.1. The standard InChI is InChI=1S/C20H25NO5S/c1-5-26-19(23)10-11-21(14-16-12-20(3,4)13-18(16)22)27(24,25)17-8-6-15(2)7-9-17/h6-12H,5,13-14H2,1-4H3/b11-10+. The zero-order valence-electron chi connectivity index (χ0n) is 16.1. The summed E-state index contributed by atoms with van der Waals surface area (Å²) in [6.45, 7) is 7.42. The lowest BCUT2D eigenvalue weighted by Gasteiger charge is -2.21. The van der Waals surface area contributed by atoms with E-state index < -0.39 is 16.0 Å². The van der Waals surface area contributed by atoms with Gasteiger partial charge in [-0.1, -0.05) is 37.6 Å². The third kappa shape index (κ3) is 5.29. The van der Waals surface area contributed by atoms with E-state index in [1.165, 1.54) is 12.1 Å². The molecule has 0 N–H and O–H groups in total. The van der Waals surface area contributed by atoms with Gasteiger partial charge < -0.3 is 4.74 Å². The molecule has 1 aliphatic rings. The summed E-state index contributed by atoms with van der Waals surface area (Å²) in [5.74, 6) is -0.734. The fourth-order valence-electron chi connectivity index (χ4n) is 2.83. The molecule has 0 heterocycles. The molecular formula is C20H25NO5S. The molecule has 0 radical (unpaired) electrons. The van der Waals surface area contributed by atoms with Crippen LogP contribution >= 0.6 is 0 Å². The first kappa shape index (κ1) is 20.9. The predicted octanol–water partition coefficient (Wildman–Crippen LogP) is 2.99. The van der Waals surface area contributed by atoms with E-state index >= 15 is 0 Å². The van der Waals surface area contributed by atoms with Gasteiger partial charge in [-0.15, -0.1) is 0 Å². The minimum absolute atomic E-state index is 0.0892. The number of allylic oxidation sites excluding steroid dienone is 1. The number of sulfonamides is 1. The number of Topliss-reactive ketones (excluding diaryl/α,β-unsaturated/α-hetero) is 1. The second-order valence-electron chi connectivity index (χ2n) is 7.19. The van der Waals surface area contributed by atoms with Crippen LogP contribution in [-0.4, -0.2) is 37.6 Å². The fourth-order valence-corrected chi connectivity index (χ4v) is 4.11. The van der Waals surface area contributed by atoms with Crippen LogP contribution in [0.25, 0.3) is 0 Å². The van der Waals surface area contributed by atoms with Crippen molar-refractivity contribution in [2.75, 3.05) is 13.2 Å². The Morgan fingerprint density at radius 2 is 1.89 bits per heavy atom. The van der Waals surface area contributed by atoms with E-state index in [1.807, 2.05) is 20.8 Å². The van der Waals surface area contributed by atoms with Gasteiger partial charge in [-0.2, -0.15) is 0 Å². The Bertz CT molecular complexity index is 879. The SMILES string of the molecule is CCOC(=O)/C=C/N(CC1=CC(C)(C)CC1=O)S(=O)(=O)c1ccc(C)cc1. The molecular weight excluding hydrogens is 366 g/mol. The summed E-state index contributed by atoms with van der Waals surface area (Å²) in [5.41, 5.74) is 1.04. The first-order chi connectivity index (χ1) is 12.5. The highest BCUT2D eigenvalue weighted by Gasteiger charge is 2.33. The van der Waals surface area contributed by atoms with E-state index in [0.717, 1.165) is 22.1 Å². The topological polar surface area (TPSA) is 80.8 Å². The van der Waals surface area contributed by atoms with Crippen LogP contribution in [-0.2, 0) is 24.3 Å². The van der Waals surface area contributed by atoms with Crippen LogP contribution < -0.4 is 0 Å². The van der Waals surface area contributed by atoms with E-state index in [-0.39, 0.29) is 29.2 Å². The molecule has 0 atom stereocenters. The maximum Gasteiger partial charge on any atom is 0.332 e. The minimum atomic E-state index is -3.93. The van der Waals surface area contributed by atoms with E-state index in [0.29, 0.717) is 12.0 Å². The Morgan fingerprint density at radius 3 is 2.41 bits per heavy atom. The van der Waals surface area contributed by atoms with E-state index in [9.17, 15) is 18.0 Å². The van der Waals surface area contributed by atoms with Gasteiger partial charge in [-0.25, -0.2) is 13.2 Å². The van der Waals surface area contributed by atoms with Crippen LogP contribution in [0.5, 0.6) is 0 Å². The second kappa shape index (κ2) is 8.08. The lowest BCUT2D eigenvalue weighted by atomic mass is 9.93. The zero-order valence-corrected chi connectivity index (χ0v) is 16.9. The van der Waals surface area contributed by atoms with Crippen molar-refractivity contribution in [2.45, 2.75) is 39.0 Å². The van der Waals surface area contributed by atoms with Crippen molar-refractivity contribution in [2.24, 2.45) is 5.41 Å². The van der Waals surface area contributed by atoms with Crippen LogP contribution in [0.1, 0.15) is 32.8 Å². The van der Waals surface area contributed by atoms with Gasteiger partial charge in [0.05, 0.1) is 18.0 Å². The number of ether oxygens (including phenoxy) is 1. The number of aryl methyl sites for hydroxylation is 1. The van der Waals surface area contributed by atoms with E-state index in [4.69, 9.17) is 4.74 Å². The first-order valence-electron chi connectivity index (χ1n) is 8.73. The van der Waals surface area contributed by atoms with Gasteiger partial charge in [-0.05, 0) is 31.4 Å². The number of carbonyl (C=O) groups excluding carboxylic acids is 2. The van der Waals surface area contributed by atoms with E-state index in [2.05, 4.69) is 0 Å². The van der Waals surface area contributed by atoms with Gasteiger partial charge in [0, 0.05) is 24.3 Å². The average molecular weight is 391 g/mol. The third-order valence-corrected chi connectivity index (χ3v) is 5.89. The summed E-state index contributed by atoms with van der Waals surface area (Å²) in [7, 11) is -3.93. The summed E-state index contributed by atoms with van der Waals surface area (Å²) >= 11 is 0. The molecule has 0 saturated carbocycles. The van der Waals surface area contributed by atoms with E-state index in [1.54, 1.807) is 25.1 Å². The van der Waals surface area contributed by atoms with Crippen molar-refractivity contribution in [1.29, 1.82) is 0 Å². The molecule has 2 rings (SSSR count). The summed E-state index contributed by atoms with van der Waals surface area (Å²) < 4.78 is 31.9. The number of benzene rings is 1. The van der Waals surface area contributed by atoms with Gasteiger partial charge in [0.2, 0.25) is 0 Å². The van der Waals surface area contributed by atoms with Crippen molar-refractivity contribution < 1.29 is 22.7 Å². The molecule has 27 heavy (non-hydrogen) atoms. The van der Waals surface area contributed by atoms with Gasteiger partial charge in [0.1, 0.15) is 0 Å². The van der Waals surface area contributed by atoms with Gasteiger partial charge in [0.25, 0.3) is 10.0 Å². The van der Waals surface area contributed by atoms with Crippen molar-refractivity contribution >= 4 is 21.8 Å².